The molecule has 0 aliphatic carbocycles. The lowest BCUT2D eigenvalue weighted by Gasteiger charge is -2.40. The van der Waals surface area contributed by atoms with Crippen LogP contribution in [-0.2, 0) is 4.74 Å². The number of nitrogens with zero attached hydrogens (tertiary/aromatic N) is 4. The SMILES string of the molecule is CC(C)=CCN=C(N)NCCC[C@H]1Nc2ccc(C(=O)OC/C(C)=C/CN=C(N)N)cc2[C@H]2[C@@H]1CCN2C(N)=NCC=C(C)C. The van der Waals surface area contributed by atoms with Crippen LogP contribution in [0.3, 0.4) is 0 Å². The van der Waals surface area contributed by atoms with E-state index in [1.807, 2.05) is 58.9 Å². The largest absolute Gasteiger partial charge is 0.458 e. The van der Waals surface area contributed by atoms with E-state index in [0.717, 1.165) is 49.2 Å². The molecule has 3 atom stereocenters. The molecular weight excluding hydrogens is 568 g/mol. The minimum absolute atomic E-state index is 0.0145. The average Bonchev–Trinajstić information content (AvgIpc) is 3.43. The fourth-order valence-electron chi connectivity index (χ4n) is 5.51. The average molecular weight is 621 g/mol. The number of anilines is 1. The van der Waals surface area contributed by atoms with Gasteiger partial charge in [0.05, 0.1) is 31.2 Å². The second kappa shape index (κ2) is 17.1. The van der Waals surface area contributed by atoms with E-state index >= 15 is 0 Å². The summed E-state index contributed by atoms with van der Waals surface area (Å²) in [5.74, 6) is 0.882. The zero-order valence-electron chi connectivity index (χ0n) is 27.5. The van der Waals surface area contributed by atoms with Crippen LogP contribution in [0, 0.1) is 5.92 Å². The summed E-state index contributed by atoms with van der Waals surface area (Å²) in [6.07, 6.45) is 8.73. The number of rotatable bonds is 13. The monoisotopic (exact) mass is 620 g/mol. The normalized spacial score (nSPS) is 19.5. The number of ether oxygens (including phenoxy) is 1. The van der Waals surface area contributed by atoms with Gasteiger partial charge in [0, 0.05) is 30.7 Å². The van der Waals surface area contributed by atoms with Gasteiger partial charge in [-0.25, -0.2) is 19.8 Å². The van der Waals surface area contributed by atoms with Crippen LogP contribution in [0.15, 0.2) is 68.1 Å². The van der Waals surface area contributed by atoms with Crippen molar-refractivity contribution in [2.45, 2.75) is 66.0 Å². The van der Waals surface area contributed by atoms with Crippen LogP contribution in [0.2, 0.25) is 0 Å². The maximum absolute atomic E-state index is 13.1. The highest BCUT2D eigenvalue weighted by Gasteiger charge is 2.44. The van der Waals surface area contributed by atoms with E-state index in [-0.39, 0.29) is 30.6 Å². The number of carbonyl (C=O) groups is 1. The first-order valence-electron chi connectivity index (χ1n) is 15.6. The number of likely N-dealkylation sites (tertiary alicyclic amines) is 1. The van der Waals surface area contributed by atoms with Crippen LogP contribution in [0.1, 0.15) is 75.8 Å². The molecule has 246 valence electrons. The number of nitrogens with one attached hydrogen (secondary N) is 2. The summed E-state index contributed by atoms with van der Waals surface area (Å²) in [5.41, 5.74) is 29.2. The molecule has 2 aliphatic rings. The first-order chi connectivity index (χ1) is 21.5. The quantitative estimate of drug-likeness (QED) is 0.0631. The topological polar surface area (TPSA) is 195 Å². The summed E-state index contributed by atoms with van der Waals surface area (Å²) in [4.78, 5) is 28.2. The molecule has 0 aromatic heterocycles. The van der Waals surface area contributed by atoms with Crippen LogP contribution in [0.4, 0.5) is 5.69 Å². The first-order valence-corrected chi connectivity index (χ1v) is 15.6. The molecule has 12 heteroatoms. The number of guanidine groups is 3. The van der Waals surface area contributed by atoms with Gasteiger partial charge in [-0.2, -0.15) is 0 Å². The number of hydrogen-bond acceptors (Lipinski definition) is 6. The summed E-state index contributed by atoms with van der Waals surface area (Å²) in [6, 6.07) is 5.92. The van der Waals surface area contributed by atoms with Crippen LogP contribution in [0.5, 0.6) is 0 Å². The number of nitrogens with two attached hydrogens (primary N) is 4. The molecule has 12 nitrogen and oxygen atoms in total. The lowest BCUT2D eigenvalue weighted by atomic mass is 9.80. The number of hydrogen-bond donors (Lipinski definition) is 6. The molecular formula is C33H52N10O2. The zero-order valence-corrected chi connectivity index (χ0v) is 27.5. The van der Waals surface area contributed by atoms with Gasteiger partial charge in [0.2, 0.25) is 0 Å². The molecule has 2 heterocycles. The van der Waals surface area contributed by atoms with Gasteiger partial charge in [0.1, 0.15) is 6.61 Å². The minimum Gasteiger partial charge on any atom is -0.458 e. The summed E-state index contributed by atoms with van der Waals surface area (Å²) in [7, 11) is 0. The molecule has 3 rings (SSSR count). The van der Waals surface area contributed by atoms with E-state index in [1.165, 1.54) is 11.1 Å². The second-order valence-corrected chi connectivity index (χ2v) is 12.1. The van der Waals surface area contributed by atoms with Crippen molar-refractivity contribution in [3.05, 3.63) is 64.3 Å². The summed E-state index contributed by atoms with van der Waals surface area (Å²) in [5, 5.41) is 6.99. The van der Waals surface area contributed by atoms with Crippen LogP contribution >= 0.6 is 0 Å². The number of fused-ring (bicyclic) bond motifs is 3. The third kappa shape index (κ3) is 10.9. The lowest BCUT2D eigenvalue weighted by molar-refractivity contribution is 0.0539. The van der Waals surface area contributed by atoms with Gasteiger partial charge < -0.3 is 43.2 Å². The Balaban J connectivity index is 1.77. The van der Waals surface area contributed by atoms with Gasteiger partial charge in [0.25, 0.3) is 0 Å². The van der Waals surface area contributed by atoms with Crippen molar-refractivity contribution in [3.8, 4) is 0 Å². The van der Waals surface area contributed by atoms with Crippen molar-refractivity contribution >= 4 is 29.5 Å². The standard InChI is InChI=1S/C33H52N10O2/c1-21(2)10-15-40-32(36)39-14-6-7-27-25-13-18-43(33(37)41-16-11-22(3)4)29(25)26-19-24(8-9-28(26)42-27)30(44)45-20-23(5)12-17-38-31(34)35/h8-12,19,25,27,29,42H,6-7,13-18,20H2,1-5H3,(H2,37,41)(H4,34,35,38)(H3,36,39,40)/b23-12+/t25-,27-,29-/m1/s1. The van der Waals surface area contributed by atoms with Gasteiger partial charge in [0.15, 0.2) is 17.9 Å². The lowest BCUT2D eigenvalue weighted by Crippen LogP contribution is -2.44. The molecule has 1 aromatic rings. The summed E-state index contributed by atoms with van der Waals surface area (Å²) >= 11 is 0. The number of esters is 1. The Morgan fingerprint density at radius 1 is 1.00 bits per heavy atom. The zero-order chi connectivity index (χ0) is 32.9. The third-order valence-corrected chi connectivity index (χ3v) is 7.86. The molecule has 0 bridgehead atoms. The van der Waals surface area contributed by atoms with Gasteiger partial charge in [-0.05, 0) is 83.2 Å². The smallest absolute Gasteiger partial charge is 0.338 e. The Kier molecular flexibility index (Phi) is 13.3. The van der Waals surface area contributed by atoms with E-state index in [0.29, 0.717) is 37.1 Å². The van der Waals surface area contributed by atoms with Crippen molar-refractivity contribution in [1.29, 1.82) is 0 Å². The van der Waals surface area contributed by atoms with Crippen molar-refractivity contribution in [2.75, 3.05) is 44.6 Å². The van der Waals surface area contributed by atoms with Crippen molar-refractivity contribution in [2.24, 2.45) is 43.8 Å². The van der Waals surface area contributed by atoms with Crippen LogP contribution < -0.4 is 33.6 Å². The Labute approximate surface area is 267 Å². The molecule has 45 heavy (non-hydrogen) atoms. The molecule has 0 unspecified atom stereocenters. The molecule has 1 saturated heterocycles. The third-order valence-electron chi connectivity index (χ3n) is 7.86. The Morgan fingerprint density at radius 3 is 2.38 bits per heavy atom. The fraction of sp³-hybridized carbons (Fsp3) is 0.515. The Morgan fingerprint density at radius 2 is 1.69 bits per heavy atom. The molecule has 1 aromatic carbocycles. The van der Waals surface area contributed by atoms with Gasteiger partial charge >= 0.3 is 5.97 Å². The van der Waals surface area contributed by atoms with E-state index in [4.69, 9.17) is 27.7 Å². The molecule has 0 spiro atoms. The Hall–Kier alpha value is -4.48. The number of aliphatic imine (C=N–C) groups is 3. The fourth-order valence-corrected chi connectivity index (χ4v) is 5.51. The molecule has 10 N–H and O–H groups in total. The molecule has 2 aliphatic heterocycles. The van der Waals surface area contributed by atoms with Crippen molar-refractivity contribution in [3.63, 3.8) is 0 Å². The minimum atomic E-state index is -0.393. The molecule has 1 fully saturated rings. The van der Waals surface area contributed by atoms with Crippen LogP contribution in [0.25, 0.3) is 0 Å². The highest BCUT2D eigenvalue weighted by atomic mass is 16.5. The van der Waals surface area contributed by atoms with E-state index in [2.05, 4.69) is 36.6 Å². The molecule has 0 saturated carbocycles. The molecule has 0 amide bonds. The second-order valence-electron chi connectivity index (χ2n) is 12.1. The maximum Gasteiger partial charge on any atom is 0.338 e. The number of benzene rings is 1. The number of carbonyl (C=O) groups excluding carboxylic acids is 1. The highest BCUT2D eigenvalue weighted by molar-refractivity contribution is 5.91. The summed E-state index contributed by atoms with van der Waals surface area (Å²) in [6.45, 7) is 13.1. The van der Waals surface area contributed by atoms with E-state index < -0.39 is 5.97 Å². The Bertz CT molecular complexity index is 1350. The van der Waals surface area contributed by atoms with E-state index in [9.17, 15) is 4.79 Å². The first kappa shape index (κ1) is 35.0. The highest BCUT2D eigenvalue weighted by Crippen LogP contribution is 2.47. The molecule has 0 radical (unpaired) electrons. The van der Waals surface area contributed by atoms with Gasteiger partial charge in [-0.15, -0.1) is 0 Å². The predicted octanol–water partition coefficient (Wildman–Crippen LogP) is 3.15. The van der Waals surface area contributed by atoms with Gasteiger partial charge in [-0.3, -0.25) is 0 Å². The summed E-state index contributed by atoms with van der Waals surface area (Å²) < 4.78 is 5.60. The van der Waals surface area contributed by atoms with E-state index in [1.54, 1.807) is 6.07 Å². The number of allylic oxidation sites excluding steroid dienone is 2. The van der Waals surface area contributed by atoms with Gasteiger partial charge in [-0.1, -0.05) is 29.4 Å². The maximum atomic E-state index is 13.1. The predicted molar refractivity (Wildman–Crippen MR) is 185 cm³/mol. The van der Waals surface area contributed by atoms with Crippen molar-refractivity contribution in [1.82, 2.24) is 10.2 Å². The van der Waals surface area contributed by atoms with Crippen LogP contribution in [-0.4, -0.2) is 74.1 Å². The van der Waals surface area contributed by atoms with Crippen molar-refractivity contribution < 1.29 is 9.53 Å².